The van der Waals surface area contributed by atoms with Gasteiger partial charge in [0.25, 0.3) is 11.5 Å². The first-order valence-corrected chi connectivity index (χ1v) is 8.17. The molecule has 0 bridgehead atoms. The van der Waals surface area contributed by atoms with Crippen LogP contribution in [-0.2, 0) is 27.3 Å². The summed E-state index contributed by atoms with van der Waals surface area (Å²) in [5, 5.41) is 5.12. The van der Waals surface area contributed by atoms with Gasteiger partial charge in [-0.15, -0.1) is 0 Å². The molecule has 0 atom stereocenters. The molecule has 0 saturated carbocycles. The van der Waals surface area contributed by atoms with Crippen molar-refractivity contribution in [1.82, 2.24) is 20.2 Å². The van der Waals surface area contributed by atoms with Crippen LogP contribution in [0, 0.1) is 0 Å². The minimum atomic E-state index is -0.704. The van der Waals surface area contributed by atoms with Gasteiger partial charge in [-0.05, 0) is 24.6 Å². The second kappa shape index (κ2) is 7.34. The number of hydrogen-bond acceptors (Lipinski definition) is 6. The van der Waals surface area contributed by atoms with E-state index in [4.69, 9.17) is 4.74 Å². The van der Waals surface area contributed by atoms with Gasteiger partial charge in [0.2, 0.25) is 5.91 Å². The summed E-state index contributed by atoms with van der Waals surface area (Å²) in [5.74, 6) is -0.938. The van der Waals surface area contributed by atoms with Crippen molar-refractivity contribution in [3.8, 4) is 0 Å². The zero-order valence-corrected chi connectivity index (χ0v) is 14.2. The molecule has 9 nitrogen and oxygen atoms in total. The molecule has 2 heterocycles. The summed E-state index contributed by atoms with van der Waals surface area (Å²) in [6, 6.07) is 4.50. The number of ether oxygens (including phenoxy) is 1. The number of likely N-dealkylation sites (N-methyl/N-ethyl adjacent to an activating group) is 1. The number of nitrogens with zero attached hydrogens (tertiary/aromatic N) is 2. The molecule has 1 aromatic carbocycles. The van der Waals surface area contributed by atoms with E-state index in [0.717, 1.165) is 12.8 Å². The summed E-state index contributed by atoms with van der Waals surface area (Å²) in [7, 11) is 1.45. The van der Waals surface area contributed by atoms with Crippen molar-refractivity contribution < 1.29 is 19.1 Å². The number of carbonyl (C=O) groups excluding carboxylic acids is 3. The average molecular weight is 358 g/mol. The molecule has 1 aliphatic rings. The van der Waals surface area contributed by atoms with Crippen molar-refractivity contribution >= 4 is 28.7 Å². The molecular weight excluding hydrogens is 340 g/mol. The highest BCUT2D eigenvalue weighted by atomic mass is 16.5. The summed E-state index contributed by atoms with van der Waals surface area (Å²) < 4.78 is 6.58. The number of benzene rings is 1. The fourth-order valence-electron chi connectivity index (χ4n) is 2.74. The number of fused-ring (bicyclic) bond motifs is 2. The van der Waals surface area contributed by atoms with Crippen molar-refractivity contribution in [3.05, 3.63) is 39.9 Å². The van der Waals surface area contributed by atoms with E-state index in [1.165, 1.54) is 19.2 Å². The summed E-state index contributed by atoms with van der Waals surface area (Å²) in [4.78, 5) is 51.5. The van der Waals surface area contributed by atoms with Crippen molar-refractivity contribution in [1.29, 1.82) is 0 Å². The minimum Gasteiger partial charge on any atom is -0.452 e. The number of amides is 2. The van der Waals surface area contributed by atoms with Gasteiger partial charge in [0.05, 0.1) is 23.0 Å². The van der Waals surface area contributed by atoms with E-state index in [0.29, 0.717) is 23.3 Å². The van der Waals surface area contributed by atoms with Crippen LogP contribution < -0.4 is 16.2 Å². The predicted molar refractivity (Wildman–Crippen MR) is 91.7 cm³/mol. The van der Waals surface area contributed by atoms with Crippen LogP contribution in [0.25, 0.3) is 10.9 Å². The normalized spacial score (nSPS) is 12.5. The first-order valence-electron chi connectivity index (χ1n) is 8.17. The highest BCUT2D eigenvalue weighted by Gasteiger charge is 2.18. The third kappa shape index (κ3) is 3.56. The van der Waals surface area contributed by atoms with Crippen LogP contribution in [0.15, 0.2) is 23.0 Å². The molecule has 136 valence electrons. The Labute approximate surface area is 148 Å². The van der Waals surface area contributed by atoms with E-state index in [1.807, 2.05) is 0 Å². The minimum absolute atomic E-state index is 0.115. The van der Waals surface area contributed by atoms with E-state index >= 15 is 0 Å². The quantitative estimate of drug-likeness (QED) is 0.686. The Balaban J connectivity index is 1.69. The van der Waals surface area contributed by atoms with Gasteiger partial charge in [0.1, 0.15) is 5.82 Å². The molecule has 0 unspecified atom stereocenters. The lowest BCUT2D eigenvalue weighted by Crippen LogP contribution is -2.37. The summed E-state index contributed by atoms with van der Waals surface area (Å²) in [6.45, 7) is -0.0396. The molecule has 2 N–H and O–H groups in total. The SMILES string of the molecule is CNC(=O)CNC(=O)COC(=O)c1ccc2c(=O)n3c(nc2c1)CCC3. The lowest BCUT2D eigenvalue weighted by Gasteiger charge is -2.08. The molecule has 2 amide bonds. The van der Waals surface area contributed by atoms with Crippen LogP contribution in [0.5, 0.6) is 0 Å². The second-order valence-corrected chi connectivity index (χ2v) is 5.85. The van der Waals surface area contributed by atoms with E-state index < -0.39 is 18.5 Å². The molecule has 26 heavy (non-hydrogen) atoms. The highest BCUT2D eigenvalue weighted by Crippen LogP contribution is 2.16. The number of hydrogen-bond donors (Lipinski definition) is 2. The summed E-state index contributed by atoms with van der Waals surface area (Å²) in [5.41, 5.74) is 0.518. The van der Waals surface area contributed by atoms with Crippen molar-refractivity contribution in [2.24, 2.45) is 0 Å². The van der Waals surface area contributed by atoms with E-state index in [9.17, 15) is 19.2 Å². The topological polar surface area (TPSA) is 119 Å². The molecular formula is C17H18N4O5. The fraction of sp³-hybridized carbons (Fsp3) is 0.353. The van der Waals surface area contributed by atoms with Crippen LogP contribution in [0.3, 0.4) is 0 Å². The summed E-state index contributed by atoms with van der Waals surface area (Å²) in [6.07, 6.45) is 1.60. The number of rotatable bonds is 5. The Morgan fingerprint density at radius 1 is 1.27 bits per heavy atom. The Hall–Kier alpha value is -3.23. The van der Waals surface area contributed by atoms with Crippen molar-refractivity contribution in [3.63, 3.8) is 0 Å². The zero-order chi connectivity index (χ0) is 18.7. The Kier molecular flexibility index (Phi) is 4.97. The highest BCUT2D eigenvalue weighted by molar-refractivity contribution is 5.95. The smallest absolute Gasteiger partial charge is 0.338 e. The Morgan fingerprint density at radius 3 is 2.85 bits per heavy atom. The molecule has 1 aromatic heterocycles. The van der Waals surface area contributed by atoms with E-state index in [1.54, 1.807) is 10.6 Å². The molecule has 9 heteroatoms. The molecule has 0 radical (unpaired) electrons. The van der Waals surface area contributed by atoms with Gasteiger partial charge >= 0.3 is 5.97 Å². The second-order valence-electron chi connectivity index (χ2n) is 5.85. The molecule has 0 fully saturated rings. The van der Waals surface area contributed by atoms with Crippen LogP contribution >= 0.6 is 0 Å². The van der Waals surface area contributed by atoms with Crippen LogP contribution in [0.2, 0.25) is 0 Å². The largest absolute Gasteiger partial charge is 0.452 e. The maximum absolute atomic E-state index is 12.4. The van der Waals surface area contributed by atoms with E-state index in [-0.39, 0.29) is 23.6 Å². The number of aromatic nitrogens is 2. The van der Waals surface area contributed by atoms with Gasteiger partial charge in [0, 0.05) is 20.0 Å². The van der Waals surface area contributed by atoms with Gasteiger partial charge < -0.3 is 15.4 Å². The van der Waals surface area contributed by atoms with Gasteiger partial charge in [0.15, 0.2) is 6.61 Å². The molecule has 0 aliphatic carbocycles. The number of esters is 1. The van der Waals surface area contributed by atoms with Crippen LogP contribution in [0.1, 0.15) is 22.6 Å². The maximum Gasteiger partial charge on any atom is 0.338 e. The van der Waals surface area contributed by atoms with Gasteiger partial charge in [-0.3, -0.25) is 19.0 Å². The van der Waals surface area contributed by atoms with Crippen molar-refractivity contribution in [2.45, 2.75) is 19.4 Å². The van der Waals surface area contributed by atoms with Gasteiger partial charge in [-0.25, -0.2) is 9.78 Å². The molecule has 2 aromatic rings. The molecule has 0 spiro atoms. The van der Waals surface area contributed by atoms with Gasteiger partial charge in [-0.2, -0.15) is 0 Å². The van der Waals surface area contributed by atoms with Crippen molar-refractivity contribution in [2.75, 3.05) is 20.2 Å². The van der Waals surface area contributed by atoms with Crippen LogP contribution in [0.4, 0.5) is 0 Å². The number of nitrogens with one attached hydrogen (secondary N) is 2. The predicted octanol–water partition coefficient (Wildman–Crippen LogP) is -0.638. The summed E-state index contributed by atoms with van der Waals surface area (Å²) >= 11 is 0. The zero-order valence-electron chi connectivity index (χ0n) is 14.2. The van der Waals surface area contributed by atoms with Gasteiger partial charge in [-0.1, -0.05) is 0 Å². The van der Waals surface area contributed by atoms with Crippen LogP contribution in [-0.4, -0.2) is 47.5 Å². The Bertz CT molecular complexity index is 950. The monoisotopic (exact) mass is 358 g/mol. The lowest BCUT2D eigenvalue weighted by molar-refractivity contribution is -0.127. The molecule has 1 aliphatic heterocycles. The molecule has 0 saturated heterocycles. The lowest BCUT2D eigenvalue weighted by atomic mass is 10.1. The molecule has 3 rings (SSSR count). The first-order chi connectivity index (χ1) is 12.5. The average Bonchev–Trinajstić information content (AvgIpc) is 3.12. The standard InChI is InChI=1S/C17H18N4O5/c1-18-14(22)8-19-15(23)9-26-17(25)10-4-5-11-12(7-10)20-13-3-2-6-21(13)16(11)24/h4-5,7H,2-3,6,8-9H2,1H3,(H,18,22)(H,19,23). The number of aryl methyl sites for hydroxylation is 1. The Morgan fingerprint density at radius 2 is 2.08 bits per heavy atom. The fourth-order valence-corrected chi connectivity index (χ4v) is 2.74. The number of carbonyl (C=O) groups is 3. The first kappa shape index (κ1) is 17.6. The maximum atomic E-state index is 12.4. The third-order valence-corrected chi connectivity index (χ3v) is 4.11. The third-order valence-electron chi connectivity index (χ3n) is 4.11. The van der Waals surface area contributed by atoms with E-state index in [2.05, 4.69) is 15.6 Å².